The highest BCUT2D eigenvalue weighted by Gasteiger charge is 2.09. The zero-order valence-electron chi connectivity index (χ0n) is 11.6. The highest BCUT2D eigenvalue weighted by Crippen LogP contribution is 2.01. The standard InChI is InChI=1S/C13H19N5O/c1-10-5-7-15-18(10)8-4-6-14-13(19)12-9-11(2)17(3)16-12/h5,7,9H,4,6,8H2,1-3H3,(H,14,19). The number of aromatic nitrogens is 4. The molecule has 6 nitrogen and oxygen atoms in total. The summed E-state index contributed by atoms with van der Waals surface area (Å²) >= 11 is 0. The van der Waals surface area contributed by atoms with E-state index < -0.39 is 0 Å². The van der Waals surface area contributed by atoms with Crippen LogP contribution in [0.4, 0.5) is 0 Å². The minimum absolute atomic E-state index is 0.124. The topological polar surface area (TPSA) is 64.7 Å². The minimum atomic E-state index is -0.124. The van der Waals surface area contributed by atoms with E-state index >= 15 is 0 Å². The Balaban J connectivity index is 1.77. The first kappa shape index (κ1) is 13.3. The molecule has 0 aromatic carbocycles. The van der Waals surface area contributed by atoms with E-state index in [1.165, 1.54) is 0 Å². The maximum absolute atomic E-state index is 11.8. The van der Waals surface area contributed by atoms with Gasteiger partial charge in [0, 0.05) is 37.7 Å². The summed E-state index contributed by atoms with van der Waals surface area (Å²) in [5.41, 5.74) is 2.57. The lowest BCUT2D eigenvalue weighted by atomic mass is 10.3. The number of aryl methyl sites for hydroxylation is 4. The molecule has 0 spiro atoms. The van der Waals surface area contributed by atoms with Crippen molar-refractivity contribution in [1.29, 1.82) is 0 Å². The molecule has 2 aromatic heterocycles. The van der Waals surface area contributed by atoms with Gasteiger partial charge in [0.15, 0.2) is 0 Å². The van der Waals surface area contributed by atoms with Gasteiger partial charge in [0.2, 0.25) is 0 Å². The molecule has 2 rings (SSSR count). The Labute approximate surface area is 112 Å². The molecule has 0 saturated heterocycles. The molecule has 1 N–H and O–H groups in total. The van der Waals surface area contributed by atoms with Crippen LogP contribution in [-0.4, -0.2) is 32.0 Å². The summed E-state index contributed by atoms with van der Waals surface area (Å²) in [6, 6.07) is 3.75. The van der Waals surface area contributed by atoms with Crippen LogP contribution in [0, 0.1) is 13.8 Å². The Morgan fingerprint density at radius 1 is 1.37 bits per heavy atom. The van der Waals surface area contributed by atoms with E-state index in [2.05, 4.69) is 15.5 Å². The molecule has 0 aliphatic rings. The van der Waals surface area contributed by atoms with Crippen LogP contribution in [0.1, 0.15) is 28.3 Å². The molecule has 0 bridgehead atoms. The van der Waals surface area contributed by atoms with Crippen molar-refractivity contribution in [2.24, 2.45) is 7.05 Å². The van der Waals surface area contributed by atoms with E-state index in [0.717, 1.165) is 24.4 Å². The predicted octanol–water partition coefficient (Wildman–Crippen LogP) is 1.05. The molecule has 6 heteroatoms. The average Bonchev–Trinajstić information content (AvgIpc) is 2.92. The quantitative estimate of drug-likeness (QED) is 0.818. The zero-order chi connectivity index (χ0) is 13.8. The monoisotopic (exact) mass is 261 g/mol. The van der Waals surface area contributed by atoms with Crippen molar-refractivity contribution in [3.05, 3.63) is 35.4 Å². The number of amides is 1. The van der Waals surface area contributed by atoms with Crippen molar-refractivity contribution in [2.45, 2.75) is 26.8 Å². The van der Waals surface area contributed by atoms with E-state index in [1.807, 2.05) is 31.6 Å². The molecule has 2 heterocycles. The van der Waals surface area contributed by atoms with Crippen LogP contribution >= 0.6 is 0 Å². The Morgan fingerprint density at radius 2 is 2.16 bits per heavy atom. The summed E-state index contributed by atoms with van der Waals surface area (Å²) in [4.78, 5) is 11.8. The number of rotatable bonds is 5. The molecule has 0 fully saturated rings. The highest BCUT2D eigenvalue weighted by molar-refractivity contribution is 5.92. The van der Waals surface area contributed by atoms with Crippen molar-refractivity contribution in [1.82, 2.24) is 24.9 Å². The van der Waals surface area contributed by atoms with Crippen LogP contribution in [0.15, 0.2) is 18.3 Å². The summed E-state index contributed by atoms with van der Waals surface area (Å²) in [7, 11) is 1.83. The number of nitrogens with one attached hydrogen (secondary N) is 1. The summed E-state index contributed by atoms with van der Waals surface area (Å²) in [6.07, 6.45) is 2.63. The number of carbonyl (C=O) groups is 1. The SMILES string of the molecule is Cc1cc(C(=O)NCCCn2nccc2C)nn1C. The van der Waals surface area contributed by atoms with Gasteiger partial charge in [-0.2, -0.15) is 10.2 Å². The summed E-state index contributed by atoms with van der Waals surface area (Å²) in [5, 5.41) is 11.2. The second-order valence-corrected chi connectivity index (χ2v) is 4.60. The normalized spacial score (nSPS) is 10.7. The Bertz CT molecular complexity index is 550. The molecule has 0 unspecified atom stereocenters. The van der Waals surface area contributed by atoms with E-state index in [4.69, 9.17) is 0 Å². The lowest BCUT2D eigenvalue weighted by Crippen LogP contribution is -2.26. The van der Waals surface area contributed by atoms with E-state index in [-0.39, 0.29) is 5.91 Å². The van der Waals surface area contributed by atoms with Crippen molar-refractivity contribution >= 4 is 5.91 Å². The van der Waals surface area contributed by atoms with Gasteiger partial charge in [0.25, 0.3) is 5.91 Å². The van der Waals surface area contributed by atoms with Crippen molar-refractivity contribution in [3.63, 3.8) is 0 Å². The predicted molar refractivity (Wildman–Crippen MR) is 71.9 cm³/mol. The minimum Gasteiger partial charge on any atom is -0.351 e. The zero-order valence-corrected chi connectivity index (χ0v) is 11.6. The first-order valence-electron chi connectivity index (χ1n) is 6.35. The second kappa shape index (κ2) is 5.69. The van der Waals surface area contributed by atoms with Gasteiger partial charge in [-0.1, -0.05) is 0 Å². The number of hydrogen-bond acceptors (Lipinski definition) is 3. The van der Waals surface area contributed by atoms with Crippen LogP contribution in [0.3, 0.4) is 0 Å². The van der Waals surface area contributed by atoms with Gasteiger partial charge in [0.05, 0.1) is 0 Å². The fourth-order valence-electron chi connectivity index (χ4n) is 1.83. The summed E-state index contributed by atoms with van der Waals surface area (Å²) in [6.45, 7) is 5.36. The maximum atomic E-state index is 11.8. The van der Waals surface area contributed by atoms with Crippen molar-refractivity contribution in [2.75, 3.05) is 6.54 Å². The largest absolute Gasteiger partial charge is 0.351 e. The van der Waals surface area contributed by atoms with Crippen molar-refractivity contribution < 1.29 is 4.79 Å². The number of hydrogen-bond donors (Lipinski definition) is 1. The molecule has 102 valence electrons. The van der Waals surface area contributed by atoms with Gasteiger partial charge in [-0.25, -0.2) is 0 Å². The summed E-state index contributed by atoms with van der Waals surface area (Å²) < 4.78 is 3.62. The van der Waals surface area contributed by atoms with Gasteiger partial charge < -0.3 is 5.32 Å². The fraction of sp³-hybridized carbons (Fsp3) is 0.462. The van der Waals surface area contributed by atoms with E-state index in [1.54, 1.807) is 16.9 Å². The fourth-order valence-corrected chi connectivity index (χ4v) is 1.83. The molecule has 1 amide bonds. The van der Waals surface area contributed by atoms with Gasteiger partial charge in [0.1, 0.15) is 5.69 Å². The number of carbonyl (C=O) groups excluding carboxylic acids is 1. The molecule has 2 aromatic rings. The summed E-state index contributed by atoms with van der Waals surface area (Å²) in [5.74, 6) is -0.124. The molecular formula is C13H19N5O. The molecule has 0 aliphatic carbocycles. The molecular weight excluding hydrogens is 242 g/mol. The highest BCUT2D eigenvalue weighted by atomic mass is 16.1. The molecule has 0 atom stereocenters. The lowest BCUT2D eigenvalue weighted by molar-refractivity contribution is 0.0947. The Morgan fingerprint density at radius 3 is 2.74 bits per heavy atom. The molecule has 0 aliphatic heterocycles. The molecule has 0 saturated carbocycles. The van der Waals surface area contributed by atoms with Gasteiger partial charge in [-0.15, -0.1) is 0 Å². The third-order valence-corrected chi connectivity index (χ3v) is 3.11. The lowest BCUT2D eigenvalue weighted by Gasteiger charge is -2.05. The average molecular weight is 261 g/mol. The number of nitrogens with zero attached hydrogens (tertiary/aromatic N) is 4. The molecule has 19 heavy (non-hydrogen) atoms. The van der Waals surface area contributed by atoms with E-state index in [9.17, 15) is 4.79 Å². The van der Waals surface area contributed by atoms with E-state index in [0.29, 0.717) is 12.2 Å². The van der Waals surface area contributed by atoms with Crippen LogP contribution in [-0.2, 0) is 13.6 Å². The molecule has 0 radical (unpaired) electrons. The van der Waals surface area contributed by atoms with Crippen LogP contribution in [0.2, 0.25) is 0 Å². The second-order valence-electron chi connectivity index (χ2n) is 4.60. The first-order valence-corrected chi connectivity index (χ1v) is 6.35. The first-order chi connectivity index (χ1) is 9.08. The third kappa shape index (κ3) is 3.21. The van der Waals surface area contributed by atoms with Gasteiger partial charge in [-0.3, -0.25) is 14.2 Å². The van der Waals surface area contributed by atoms with Crippen LogP contribution < -0.4 is 5.32 Å². The van der Waals surface area contributed by atoms with Gasteiger partial charge in [-0.05, 0) is 32.4 Å². The Hall–Kier alpha value is -2.11. The van der Waals surface area contributed by atoms with Crippen LogP contribution in [0.5, 0.6) is 0 Å². The maximum Gasteiger partial charge on any atom is 0.271 e. The Kier molecular flexibility index (Phi) is 3.99. The smallest absolute Gasteiger partial charge is 0.271 e. The third-order valence-electron chi connectivity index (χ3n) is 3.11. The van der Waals surface area contributed by atoms with Gasteiger partial charge >= 0.3 is 0 Å². The van der Waals surface area contributed by atoms with Crippen LogP contribution in [0.25, 0.3) is 0 Å². The van der Waals surface area contributed by atoms with Crippen molar-refractivity contribution in [3.8, 4) is 0 Å².